The van der Waals surface area contributed by atoms with Gasteiger partial charge in [-0.15, -0.1) is 0 Å². The van der Waals surface area contributed by atoms with Crippen LogP contribution >= 0.6 is 0 Å². The van der Waals surface area contributed by atoms with Crippen molar-refractivity contribution in [2.75, 3.05) is 0 Å². The number of carbonyl (C=O) groups is 4. The Hall–Kier alpha value is -4.33. The Balaban J connectivity index is 1.46. The number of amides is 3. The van der Waals surface area contributed by atoms with Crippen LogP contribution in [0.2, 0.25) is 0 Å². The van der Waals surface area contributed by atoms with Crippen LogP contribution in [-0.4, -0.2) is 28.6 Å². The van der Waals surface area contributed by atoms with Gasteiger partial charge in [0.15, 0.2) is 0 Å². The van der Waals surface area contributed by atoms with Gasteiger partial charge in [0.2, 0.25) is 6.10 Å². The Labute approximate surface area is 182 Å². The molecule has 160 valence electrons. The number of hydrogen-bond donors (Lipinski definition) is 1. The lowest BCUT2D eigenvalue weighted by Gasteiger charge is -2.16. The van der Waals surface area contributed by atoms with E-state index in [1.807, 2.05) is 0 Å². The maximum Gasteiger partial charge on any atom is 0.339 e. The van der Waals surface area contributed by atoms with E-state index in [2.05, 4.69) is 0 Å². The minimum atomic E-state index is -1.37. The topological polar surface area (TPSA) is 107 Å². The highest BCUT2D eigenvalue weighted by molar-refractivity contribution is 6.21. The fourth-order valence-electron chi connectivity index (χ4n) is 3.41. The molecule has 4 rings (SSSR count). The summed E-state index contributed by atoms with van der Waals surface area (Å²) in [4.78, 5) is 50.3. The Kier molecular flexibility index (Phi) is 5.51. The summed E-state index contributed by atoms with van der Waals surface area (Å²) >= 11 is 0. The van der Waals surface area contributed by atoms with E-state index in [0.29, 0.717) is 16.7 Å². The first-order valence-electron chi connectivity index (χ1n) is 9.65. The van der Waals surface area contributed by atoms with Crippen molar-refractivity contribution in [1.29, 1.82) is 0 Å². The summed E-state index contributed by atoms with van der Waals surface area (Å²) in [6.45, 7) is 0.0428. The van der Waals surface area contributed by atoms with Gasteiger partial charge in [-0.05, 0) is 42.0 Å². The Morgan fingerprint density at radius 2 is 1.44 bits per heavy atom. The molecule has 0 saturated heterocycles. The minimum absolute atomic E-state index is 0.0428. The number of ether oxygens (including phenoxy) is 1. The van der Waals surface area contributed by atoms with Gasteiger partial charge in [0, 0.05) is 5.56 Å². The second-order valence-electron chi connectivity index (χ2n) is 7.18. The van der Waals surface area contributed by atoms with E-state index in [1.165, 1.54) is 24.3 Å². The normalized spacial score (nSPS) is 13.6. The largest absolute Gasteiger partial charge is 0.444 e. The molecule has 1 aliphatic rings. The van der Waals surface area contributed by atoms with E-state index >= 15 is 0 Å². The van der Waals surface area contributed by atoms with Gasteiger partial charge in [-0.25, -0.2) is 9.18 Å². The molecule has 3 aromatic carbocycles. The molecule has 0 aromatic heterocycles. The lowest BCUT2D eigenvalue weighted by Crippen LogP contribution is -2.29. The van der Waals surface area contributed by atoms with E-state index in [-0.39, 0.29) is 29.5 Å². The standard InChI is InChI=1S/C24H17FN2O5/c25-17-11-9-15(10-12-17)20(21(26)28)32-24(31)16-7-5-14(6-8-16)13-27-22(29)18-3-1-2-4-19(18)23(27)30/h1-12,20H,13H2,(H2,26,28). The lowest BCUT2D eigenvalue weighted by molar-refractivity contribution is -0.127. The van der Waals surface area contributed by atoms with Crippen LogP contribution in [0.25, 0.3) is 0 Å². The molecule has 1 atom stereocenters. The first-order valence-corrected chi connectivity index (χ1v) is 9.65. The molecular weight excluding hydrogens is 415 g/mol. The summed E-state index contributed by atoms with van der Waals surface area (Å²) in [6, 6.07) is 17.5. The maximum atomic E-state index is 13.1. The highest BCUT2D eigenvalue weighted by Gasteiger charge is 2.35. The molecule has 0 saturated carbocycles. The van der Waals surface area contributed by atoms with Crippen LogP contribution in [0.4, 0.5) is 4.39 Å². The number of esters is 1. The summed E-state index contributed by atoms with van der Waals surface area (Å²) in [7, 11) is 0. The lowest BCUT2D eigenvalue weighted by atomic mass is 10.1. The van der Waals surface area contributed by atoms with Crippen molar-refractivity contribution < 1.29 is 28.3 Å². The molecule has 0 spiro atoms. The van der Waals surface area contributed by atoms with E-state index in [4.69, 9.17) is 10.5 Å². The highest BCUT2D eigenvalue weighted by Crippen LogP contribution is 2.25. The molecule has 32 heavy (non-hydrogen) atoms. The van der Waals surface area contributed by atoms with Gasteiger partial charge < -0.3 is 10.5 Å². The third kappa shape index (κ3) is 3.98. The van der Waals surface area contributed by atoms with Crippen molar-refractivity contribution >= 4 is 23.7 Å². The summed E-state index contributed by atoms with van der Waals surface area (Å²) in [5, 5.41) is 0. The molecular formula is C24H17FN2O5. The zero-order valence-electron chi connectivity index (χ0n) is 16.7. The number of hydrogen-bond acceptors (Lipinski definition) is 5. The van der Waals surface area contributed by atoms with E-state index in [9.17, 15) is 23.6 Å². The monoisotopic (exact) mass is 432 g/mol. The molecule has 0 bridgehead atoms. The van der Waals surface area contributed by atoms with E-state index in [1.54, 1.807) is 36.4 Å². The summed E-state index contributed by atoms with van der Waals surface area (Å²) in [5.74, 6) is -2.95. The molecule has 3 amide bonds. The van der Waals surface area contributed by atoms with Gasteiger partial charge in [-0.1, -0.05) is 36.4 Å². The smallest absolute Gasteiger partial charge is 0.339 e. The van der Waals surface area contributed by atoms with Gasteiger partial charge in [0.1, 0.15) is 5.82 Å². The Morgan fingerprint density at radius 1 is 0.875 bits per heavy atom. The van der Waals surface area contributed by atoms with Gasteiger partial charge in [0.25, 0.3) is 17.7 Å². The van der Waals surface area contributed by atoms with E-state index in [0.717, 1.165) is 17.0 Å². The average molecular weight is 432 g/mol. The highest BCUT2D eigenvalue weighted by atomic mass is 19.1. The third-order valence-corrected chi connectivity index (χ3v) is 5.06. The van der Waals surface area contributed by atoms with Gasteiger partial charge in [-0.3, -0.25) is 19.3 Å². The molecule has 2 N–H and O–H groups in total. The number of halogens is 1. The summed E-state index contributed by atoms with van der Waals surface area (Å²) in [5.41, 5.74) is 7.06. The predicted octanol–water partition coefficient (Wildman–Crippen LogP) is 3.01. The van der Waals surface area contributed by atoms with Crippen LogP contribution in [-0.2, 0) is 16.1 Å². The number of rotatable bonds is 6. The zero-order valence-corrected chi connectivity index (χ0v) is 16.7. The van der Waals surface area contributed by atoms with Gasteiger partial charge in [-0.2, -0.15) is 0 Å². The van der Waals surface area contributed by atoms with Gasteiger partial charge >= 0.3 is 5.97 Å². The fraction of sp³-hybridized carbons (Fsp3) is 0.0833. The SMILES string of the molecule is NC(=O)C(OC(=O)c1ccc(CN2C(=O)c3ccccc3C2=O)cc1)c1ccc(F)cc1. The minimum Gasteiger partial charge on any atom is -0.444 e. The van der Waals surface area contributed by atoms with Crippen LogP contribution in [0.1, 0.15) is 48.3 Å². The molecule has 7 nitrogen and oxygen atoms in total. The number of imide groups is 1. The predicted molar refractivity (Wildman–Crippen MR) is 111 cm³/mol. The van der Waals surface area contributed by atoms with Gasteiger partial charge in [0.05, 0.1) is 23.2 Å². The zero-order chi connectivity index (χ0) is 22.8. The number of benzene rings is 3. The fourth-order valence-corrected chi connectivity index (χ4v) is 3.41. The first-order chi connectivity index (χ1) is 15.3. The van der Waals surface area contributed by atoms with Crippen molar-refractivity contribution in [3.05, 3.63) is 106 Å². The Bertz CT molecular complexity index is 1190. The average Bonchev–Trinajstić information content (AvgIpc) is 3.03. The molecule has 0 aliphatic carbocycles. The van der Waals surface area contributed by atoms with E-state index < -0.39 is 23.8 Å². The van der Waals surface area contributed by atoms with Crippen LogP contribution in [0.5, 0.6) is 0 Å². The number of nitrogens with zero attached hydrogens (tertiary/aromatic N) is 1. The van der Waals surface area contributed by atoms with Crippen LogP contribution in [0.3, 0.4) is 0 Å². The van der Waals surface area contributed by atoms with Crippen molar-refractivity contribution in [2.24, 2.45) is 5.73 Å². The van der Waals surface area contributed by atoms with Crippen LogP contribution < -0.4 is 5.73 Å². The third-order valence-electron chi connectivity index (χ3n) is 5.06. The molecule has 0 fully saturated rings. The molecule has 1 heterocycles. The number of carbonyl (C=O) groups excluding carboxylic acids is 4. The molecule has 8 heteroatoms. The Morgan fingerprint density at radius 3 is 1.97 bits per heavy atom. The quantitative estimate of drug-likeness (QED) is 0.476. The number of fused-ring (bicyclic) bond motifs is 1. The molecule has 1 unspecified atom stereocenters. The molecule has 3 aromatic rings. The second kappa shape index (κ2) is 8.43. The van der Waals surface area contributed by atoms with Crippen molar-refractivity contribution in [1.82, 2.24) is 4.90 Å². The number of nitrogens with two attached hydrogens (primary N) is 1. The van der Waals surface area contributed by atoms with Crippen LogP contribution in [0, 0.1) is 5.82 Å². The first kappa shape index (κ1) is 20.9. The summed E-state index contributed by atoms with van der Waals surface area (Å²) in [6.07, 6.45) is -1.37. The second-order valence-corrected chi connectivity index (χ2v) is 7.18. The van der Waals surface area contributed by atoms with Crippen molar-refractivity contribution in [3.63, 3.8) is 0 Å². The van der Waals surface area contributed by atoms with Crippen LogP contribution in [0.15, 0.2) is 72.8 Å². The summed E-state index contributed by atoms with van der Waals surface area (Å²) < 4.78 is 18.3. The maximum absolute atomic E-state index is 13.1. The van der Waals surface area contributed by atoms with Crippen molar-refractivity contribution in [2.45, 2.75) is 12.6 Å². The van der Waals surface area contributed by atoms with Crippen molar-refractivity contribution in [3.8, 4) is 0 Å². The molecule has 0 radical (unpaired) electrons. The number of primary amides is 1. The molecule has 1 aliphatic heterocycles.